The van der Waals surface area contributed by atoms with Crippen molar-refractivity contribution in [2.75, 3.05) is 33.4 Å². The second-order valence-corrected chi connectivity index (χ2v) is 6.55. The minimum atomic E-state index is -0.279. The van der Waals surface area contributed by atoms with Crippen molar-refractivity contribution in [1.82, 2.24) is 24.3 Å². The molecule has 3 heterocycles. The van der Waals surface area contributed by atoms with Crippen LogP contribution in [0.5, 0.6) is 0 Å². The van der Waals surface area contributed by atoms with Crippen molar-refractivity contribution < 1.29 is 14.3 Å². The molecule has 1 N–H and O–H groups in total. The van der Waals surface area contributed by atoms with Crippen LogP contribution in [0.3, 0.4) is 0 Å². The predicted octanol–water partition coefficient (Wildman–Crippen LogP) is -0.0269. The van der Waals surface area contributed by atoms with Gasteiger partial charge in [-0.3, -0.25) is 18.7 Å². The maximum absolute atomic E-state index is 12.7. The number of aromatic nitrogens is 3. The SMILES string of the molecule is COCCn1c(=O)n(CC(=O)NCCCN2CCCC2=O)c2cccnc21. The molecule has 0 radical (unpaired) electrons. The Morgan fingerprint density at radius 1 is 1.30 bits per heavy atom. The Labute approximate surface area is 156 Å². The van der Waals surface area contributed by atoms with Crippen LogP contribution in [0.25, 0.3) is 11.2 Å². The average Bonchev–Trinajstić information content (AvgIpc) is 3.19. The number of hydrogen-bond donors (Lipinski definition) is 1. The van der Waals surface area contributed by atoms with Gasteiger partial charge in [0.25, 0.3) is 0 Å². The molecule has 2 aromatic heterocycles. The van der Waals surface area contributed by atoms with Crippen molar-refractivity contribution >= 4 is 23.0 Å². The van der Waals surface area contributed by atoms with Crippen LogP contribution in [0.1, 0.15) is 19.3 Å². The summed E-state index contributed by atoms with van der Waals surface area (Å²) in [5.74, 6) is -0.0521. The van der Waals surface area contributed by atoms with Crippen LogP contribution in [0.15, 0.2) is 23.1 Å². The number of fused-ring (bicyclic) bond motifs is 1. The minimum absolute atomic E-state index is 0.0658. The van der Waals surface area contributed by atoms with Gasteiger partial charge in [0.2, 0.25) is 11.8 Å². The van der Waals surface area contributed by atoms with E-state index in [0.717, 1.165) is 13.0 Å². The first-order chi connectivity index (χ1) is 13.1. The first-order valence-corrected chi connectivity index (χ1v) is 9.19. The molecule has 2 aromatic rings. The van der Waals surface area contributed by atoms with Gasteiger partial charge in [0, 0.05) is 39.4 Å². The monoisotopic (exact) mass is 375 g/mol. The molecule has 1 saturated heterocycles. The molecule has 0 spiro atoms. The maximum Gasteiger partial charge on any atom is 0.330 e. The number of carbonyl (C=O) groups excluding carboxylic acids is 2. The second-order valence-electron chi connectivity index (χ2n) is 6.55. The number of amides is 2. The van der Waals surface area contributed by atoms with Gasteiger partial charge in [-0.05, 0) is 25.0 Å². The van der Waals surface area contributed by atoms with Crippen LogP contribution in [-0.4, -0.2) is 64.2 Å². The molecule has 9 nitrogen and oxygen atoms in total. The lowest BCUT2D eigenvalue weighted by Crippen LogP contribution is -2.35. The molecular weight excluding hydrogens is 350 g/mol. The topological polar surface area (TPSA) is 98.5 Å². The summed E-state index contributed by atoms with van der Waals surface area (Å²) >= 11 is 0. The zero-order chi connectivity index (χ0) is 19.2. The number of nitrogens with one attached hydrogen (secondary N) is 1. The molecule has 0 bridgehead atoms. The molecular formula is C18H25N5O4. The highest BCUT2D eigenvalue weighted by molar-refractivity contribution is 5.79. The van der Waals surface area contributed by atoms with Crippen molar-refractivity contribution in [1.29, 1.82) is 0 Å². The molecule has 3 rings (SSSR count). The molecule has 2 amide bonds. The van der Waals surface area contributed by atoms with Crippen molar-refractivity contribution in [3.8, 4) is 0 Å². The molecule has 0 atom stereocenters. The summed E-state index contributed by atoms with van der Waals surface area (Å²) in [6.45, 7) is 2.62. The number of pyridine rings is 1. The highest BCUT2D eigenvalue weighted by atomic mass is 16.5. The first kappa shape index (κ1) is 19.1. The Hall–Kier alpha value is -2.68. The molecule has 1 fully saturated rings. The fraction of sp³-hybridized carbons (Fsp3) is 0.556. The van der Waals surface area contributed by atoms with E-state index in [2.05, 4.69) is 10.3 Å². The molecule has 0 unspecified atom stereocenters. The van der Waals surface area contributed by atoms with Crippen LogP contribution in [-0.2, 0) is 27.4 Å². The standard InChI is InChI=1S/C18H25N5O4/c1-27-12-11-22-17-14(5-2-7-20-17)23(18(22)26)13-15(24)19-8-4-10-21-9-3-6-16(21)25/h2,5,7H,3-4,6,8-13H2,1H3,(H,19,24). The van der Waals surface area contributed by atoms with Gasteiger partial charge in [0.05, 0.1) is 18.7 Å². The molecule has 1 aliphatic rings. The third-order valence-corrected chi connectivity index (χ3v) is 4.69. The highest BCUT2D eigenvalue weighted by Crippen LogP contribution is 2.10. The van der Waals surface area contributed by atoms with Crippen molar-refractivity contribution in [2.45, 2.75) is 32.4 Å². The highest BCUT2D eigenvalue weighted by Gasteiger charge is 2.19. The number of methoxy groups -OCH3 is 1. The van der Waals surface area contributed by atoms with E-state index in [4.69, 9.17) is 4.74 Å². The number of ether oxygens (including phenoxy) is 1. The Morgan fingerprint density at radius 2 is 2.15 bits per heavy atom. The summed E-state index contributed by atoms with van der Waals surface area (Å²) in [7, 11) is 1.57. The third kappa shape index (κ3) is 4.36. The molecule has 9 heteroatoms. The summed E-state index contributed by atoms with van der Waals surface area (Å²) < 4.78 is 8.00. The average molecular weight is 375 g/mol. The molecule has 27 heavy (non-hydrogen) atoms. The van der Waals surface area contributed by atoms with E-state index in [1.807, 2.05) is 4.90 Å². The van der Waals surface area contributed by atoms with Gasteiger partial charge in [-0.15, -0.1) is 0 Å². The molecule has 1 aliphatic heterocycles. The number of carbonyl (C=O) groups is 2. The molecule has 146 valence electrons. The molecule has 0 saturated carbocycles. The maximum atomic E-state index is 12.7. The van der Waals surface area contributed by atoms with Gasteiger partial charge in [-0.1, -0.05) is 0 Å². The van der Waals surface area contributed by atoms with Crippen LogP contribution in [0.2, 0.25) is 0 Å². The van der Waals surface area contributed by atoms with E-state index < -0.39 is 0 Å². The molecule has 0 aromatic carbocycles. The zero-order valence-corrected chi connectivity index (χ0v) is 15.5. The summed E-state index contributed by atoms with van der Waals surface area (Å²) in [6, 6.07) is 3.52. The predicted molar refractivity (Wildman–Crippen MR) is 99.3 cm³/mol. The van der Waals surface area contributed by atoms with E-state index in [9.17, 15) is 14.4 Å². The smallest absolute Gasteiger partial charge is 0.330 e. The van der Waals surface area contributed by atoms with E-state index in [0.29, 0.717) is 50.2 Å². The number of nitrogens with zero attached hydrogens (tertiary/aromatic N) is 4. The quantitative estimate of drug-likeness (QED) is 0.621. The van der Waals surface area contributed by atoms with Crippen LogP contribution in [0.4, 0.5) is 0 Å². The van der Waals surface area contributed by atoms with E-state index in [1.165, 1.54) is 9.13 Å². The Morgan fingerprint density at radius 3 is 2.89 bits per heavy atom. The van der Waals surface area contributed by atoms with Gasteiger partial charge in [-0.25, -0.2) is 9.78 Å². The van der Waals surface area contributed by atoms with E-state index in [-0.39, 0.29) is 24.0 Å². The molecule has 0 aliphatic carbocycles. The number of imidazole rings is 1. The summed E-state index contributed by atoms with van der Waals surface area (Å²) in [5.41, 5.74) is 0.884. The third-order valence-electron chi connectivity index (χ3n) is 4.69. The van der Waals surface area contributed by atoms with Gasteiger partial charge < -0.3 is 15.0 Å². The van der Waals surface area contributed by atoms with E-state index >= 15 is 0 Å². The van der Waals surface area contributed by atoms with Gasteiger partial charge in [0.15, 0.2) is 5.65 Å². The Balaban J connectivity index is 1.60. The van der Waals surface area contributed by atoms with Gasteiger partial charge in [-0.2, -0.15) is 0 Å². The van der Waals surface area contributed by atoms with Crippen molar-refractivity contribution in [3.63, 3.8) is 0 Å². The summed E-state index contributed by atoms with van der Waals surface area (Å²) in [5, 5.41) is 2.82. The lowest BCUT2D eigenvalue weighted by molar-refractivity contribution is -0.127. The summed E-state index contributed by atoms with van der Waals surface area (Å²) in [4.78, 5) is 42.6. The Bertz CT molecular complexity index is 872. The number of likely N-dealkylation sites (tertiary alicyclic amines) is 1. The fourth-order valence-electron chi connectivity index (χ4n) is 3.32. The summed E-state index contributed by atoms with van der Waals surface area (Å²) in [6.07, 6.45) is 3.85. The van der Waals surface area contributed by atoms with Crippen LogP contribution >= 0.6 is 0 Å². The fourth-order valence-corrected chi connectivity index (χ4v) is 3.32. The van der Waals surface area contributed by atoms with Crippen LogP contribution < -0.4 is 11.0 Å². The minimum Gasteiger partial charge on any atom is -0.383 e. The Kier molecular flexibility index (Phi) is 6.23. The first-order valence-electron chi connectivity index (χ1n) is 9.19. The number of rotatable bonds is 9. The lowest BCUT2D eigenvalue weighted by atomic mass is 10.3. The largest absolute Gasteiger partial charge is 0.383 e. The van der Waals surface area contributed by atoms with Crippen molar-refractivity contribution in [3.05, 3.63) is 28.8 Å². The lowest BCUT2D eigenvalue weighted by Gasteiger charge is -2.15. The van der Waals surface area contributed by atoms with Crippen molar-refractivity contribution in [2.24, 2.45) is 0 Å². The van der Waals surface area contributed by atoms with E-state index in [1.54, 1.807) is 25.4 Å². The number of hydrogen-bond acceptors (Lipinski definition) is 5. The zero-order valence-electron chi connectivity index (χ0n) is 15.5. The normalized spacial score (nSPS) is 14.3. The van der Waals surface area contributed by atoms with Gasteiger partial charge >= 0.3 is 5.69 Å². The van der Waals surface area contributed by atoms with Gasteiger partial charge in [0.1, 0.15) is 6.54 Å². The van der Waals surface area contributed by atoms with Crippen LogP contribution in [0, 0.1) is 0 Å². The second kappa shape index (κ2) is 8.81.